The molecule has 0 amide bonds. The van der Waals surface area contributed by atoms with E-state index < -0.39 is 5.24 Å². The molecule has 0 N–H and O–H groups in total. The van der Waals surface area contributed by atoms with Crippen molar-refractivity contribution in [1.82, 2.24) is 0 Å². The average molecular weight is 250 g/mol. The monoisotopic (exact) mass is 249 g/mol. The molecule has 0 aliphatic heterocycles. The Morgan fingerprint density at radius 3 is 2.00 bits per heavy atom. The van der Waals surface area contributed by atoms with E-state index in [0.29, 0.717) is 0 Å². The minimum atomic E-state index is -0.594. The molecule has 0 atom stereocenters. The molecule has 4 aliphatic rings. The number of halogens is 1. The number of nitriles is 1. The minimum Gasteiger partial charge on any atom is -0.275 e. The van der Waals surface area contributed by atoms with E-state index in [-0.39, 0.29) is 11.0 Å². The zero-order valence-electron chi connectivity index (χ0n) is 9.79. The summed E-state index contributed by atoms with van der Waals surface area (Å²) in [5, 5.41) is 8.38. The van der Waals surface area contributed by atoms with E-state index >= 15 is 0 Å². The van der Waals surface area contributed by atoms with Gasteiger partial charge in [0, 0.05) is 0 Å². The van der Waals surface area contributed by atoms with Crippen LogP contribution in [0.15, 0.2) is 11.6 Å². The van der Waals surface area contributed by atoms with Crippen molar-refractivity contribution < 1.29 is 4.79 Å². The summed E-state index contributed by atoms with van der Waals surface area (Å²) in [5.41, 5.74) is 0.276. The second kappa shape index (κ2) is 3.85. The number of allylic oxidation sites excluding steroid dienone is 2. The summed E-state index contributed by atoms with van der Waals surface area (Å²) < 4.78 is 0. The highest BCUT2D eigenvalue weighted by Crippen LogP contribution is 2.60. The Balaban J connectivity index is 1.92. The third kappa shape index (κ3) is 1.91. The highest BCUT2D eigenvalue weighted by molar-refractivity contribution is 6.68. The van der Waals surface area contributed by atoms with Gasteiger partial charge >= 0.3 is 0 Å². The van der Waals surface area contributed by atoms with Crippen molar-refractivity contribution in [3.63, 3.8) is 0 Å². The lowest BCUT2D eigenvalue weighted by atomic mass is 9.49. The second-order valence-electron chi connectivity index (χ2n) is 6.22. The lowest BCUT2D eigenvalue weighted by molar-refractivity contribution is -0.108. The third-order valence-electron chi connectivity index (χ3n) is 4.87. The summed E-state index contributed by atoms with van der Waals surface area (Å²) in [4.78, 5) is 11.2. The lowest BCUT2D eigenvalue weighted by Gasteiger charge is -2.55. The number of nitrogens with zero attached hydrogens (tertiary/aromatic N) is 1. The Morgan fingerprint density at radius 2 is 1.65 bits per heavy atom. The molecule has 90 valence electrons. The summed E-state index contributed by atoms with van der Waals surface area (Å²) in [6, 6.07) is 1.96. The van der Waals surface area contributed by atoms with Crippen LogP contribution in [0.4, 0.5) is 0 Å². The van der Waals surface area contributed by atoms with Gasteiger partial charge in [0.25, 0.3) is 5.24 Å². The van der Waals surface area contributed by atoms with Crippen molar-refractivity contribution in [2.24, 2.45) is 23.2 Å². The van der Waals surface area contributed by atoms with E-state index in [4.69, 9.17) is 16.9 Å². The zero-order chi connectivity index (χ0) is 12.0. The first kappa shape index (κ1) is 11.3. The van der Waals surface area contributed by atoms with Crippen LogP contribution in [0.5, 0.6) is 0 Å². The van der Waals surface area contributed by atoms with E-state index in [1.54, 1.807) is 0 Å². The van der Waals surface area contributed by atoms with Gasteiger partial charge in [0.2, 0.25) is 0 Å². The molecule has 0 aromatic rings. The van der Waals surface area contributed by atoms with Crippen LogP contribution >= 0.6 is 11.6 Å². The summed E-state index contributed by atoms with van der Waals surface area (Å²) in [6.45, 7) is 0. The van der Waals surface area contributed by atoms with Gasteiger partial charge in [-0.25, -0.2) is 0 Å². The van der Waals surface area contributed by atoms with Crippen molar-refractivity contribution >= 4 is 16.8 Å². The maximum Gasteiger partial charge on any atom is 0.262 e. The number of rotatable bonds is 2. The van der Waals surface area contributed by atoms with Crippen LogP contribution in [0, 0.1) is 34.5 Å². The van der Waals surface area contributed by atoms with Crippen LogP contribution in [0.25, 0.3) is 0 Å². The van der Waals surface area contributed by atoms with Crippen molar-refractivity contribution in [2.75, 3.05) is 0 Å². The highest BCUT2D eigenvalue weighted by Gasteiger charge is 2.50. The van der Waals surface area contributed by atoms with E-state index in [9.17, 15) is 4.79 Å². The predicted molar refractivity (Wildman–Crippen MR) is 65.2 cm³/mol. The standard InChI is InChI=1S/C14H16ClNO/c15-13(17)12(8-16)7-14-4-9-1-10(5-14)3-11(2-9)6-14/h7,9-11H,1-6H2/b12-7-. The molecule has 0 spiro atoms. The molecule has 0 heterocycles. The van der Waals surface area contributed by atoms with Gasteiger partial charge in [-0.2, -0.15) is 5.26 Å². The van der Waals surface area contributed by atoms with Gasteiger partial charge in [-0.15, -0.1) is 0 Å². The first-order valence-electron chi connectivity index (χ1n) is 6.43. The maximum absolute atomic E-state index is 11.2. The van der Waals surface area contributed by atoms with E-state index in [0.717, 1.165) is 37.0 Å². The van der Waals surface area contributed by atoms with Crippen molar-refractivity contribution in [3.8, 4) is 6.07 Å². The average Bonchev–Trinajstić information content (AvgIpc) is 2.23. The normalized spacial score (nSPS) is 43.5. The van der Waals surface area contributed by atoms with Crippen LogP contribution < -0.4 is 0 Å². The van der Waals surface area contributed by atoms with Crippen molar-refractivity contribution in [3.05, 3.63) is 11.6 Å². The molecule has 4 bridgehead atoms. The zero-order valence-corrected chi connectivity index (χ0v) is 10.5. The Labute approximate surface area is 107 Å². The SMILES string of the molecule is N#C/C(=C/C12CC3CC(CC(C3)C1)C2)C(=O)Cl. The van der Waals surface area contributed by atoms with Crippen LogP contribution in [0.2, 0.25) is 0 Å². The fraction of sp³-hybridized carbons (Fsp3) is 0.714. The Kier molecular flexibility index (Phi) is 2.56. The molecule has 4 fully saturated rings. The molecule has 4 rings (SSSR count). The highest BCUT2D eigenvalue weighted by atomic mass is 35.5. The molecule has 17 heavy (non-hydrogen) atoms. The van der Waals surface area contributed by atoms with Crippen LogP contribution in [0.3, 0.4) is 0 Å². The molecule has 0 unspecified atom stereocenters. The quantitative estimate of drug-likeness (QED) is 0.427. The van der Waals surface area contributed by atoms with Crippen LogP contribution in [0.1, 0.15) is 38.5 Å². The lowest BCUT2D eigenvalue weighted by Crippen LogP contribution is -2.45. The van der Waals surface area contributed by atoms with Gasteiger partial charge in [-0.1, -0.05) is 6.08 Å². The molecule has 0 aromatic carbocycles. The van der Waals surface area contributed by atoms with Gasteiger partial charge in [-0.3, -0.25) is 4.79 Å². The third-order valence-corrected chi connectivity index (χ3v) is 5.07. The van der Waals surface area contributed by atoms with E-state index in [2.05, 4.69) is 0 Å². The van der Waals surface area contributed by atoms with Gasteiger partial charge in [0.15, 0.2) is 0 Å². The first-order chi connectivity index (χ1) is 8.10. The molecule has 4 aliphatic carbocycles. The largest absolute Gasteiger partial charge is 0.275 e. The molecular weight excluding hydrogens is 234 g/mol. The fourth-order valence-electron chi connectivity index (χ4n) is 4.79. The van der Waals surface area contributed by atoms with Gasteiger partial charge in [0.05, 0.1) is 0 Å². The molecule has 0 radical (unpaired) electrons. The number of hydrogen-bond donors (Lipinski definition) is 0. The van der Waals surface area contributed by atoms with E-state index in [1.165, 1.54) is 19.3 Å². The molecule has 0 aromatic heterocycles. The van der Waals surface area contributed by atoms with E-state index in [1.807, 2.05) is 12.1 Å². The molecule has 4 saturated carbocycles. The summed E-state index contributed by atoms with van der Waals surface area (Å²) >= 11 is 5.45. The molecule has 3 heteroatoms. The van der Waals surface area contributed by atoms with Crippen molar-refractivity contribution in [2.45, 2.75) is 38.5 Å². The Morgan fingerprint density at radius 1 is 1.18 bits per heavy atom. The molecule has 2 nitrogen and oxygen atoms in total. The van der Waals surface area contributed by atoms with Gasteiger partial charge < -0.3 is 0 Å². The predicted octanol–water partition coefficient (Wildman–Crippen LogP) is 3.42. The first-order valence-corrected chi connectivity index (χ1v) is 6.81. The van der Waals surface area contributed by atoms with Crippen LogP contribution in [-0.2, 0) is 4.79 Å². The summed E-state index contributed by atoms with van der Waals surface area (Å²) in [6.07, 6.45) is 9.49. The number of carbonyl (C=O) groups is 1. The van der Waals surface area contributed by atoms with Crippen LogP contribution in [-0.4, -0.2) is 5.24 Å². The summed E-state index contributed by atoms with van der Waals surface area (Å²) in [7, 11) is 0. The number of carbonyl (C=O) groups excluding carboxylic acids is 1. The maximum atomic E-state index is 11.2. The minimum absolute atomic E-state index is 0.115. The van der Waals surface area contributed by atoms with Gasteiger partial charge in [0.1, 0.15) is 11.6 Å². The van der Waals surface area contributed by atoms with Gasteiger partial charge in [-0.05, 0) is 73.3 Å². The Bertz CT molecular complexity index is 397. The topological polar surface area (TPSA) is 40.9 Å². The summed E-state index contributed by atoms with van der Waals surface area (Å²) in [5.74, 6) is 2.47. The fourth-order valence-corrected chi connectivity index (χ4v) is 4.89. The number of hydrogen-bond acceptors (Lipinski definition) is 2. The second-order valence-corrected chi connectivity index (χ2v) is 6.57. The molecular formula is C14H16ClNO. The Hall–Kier alpha value is -0.810. The smallest absolute Gasteiger partial charge is 0.262 e. The van der Waals surface area contributed by atoms with Crippen molar-refractivity contribution in [1.29, 1.82) is 5.26 Å². The molecule has 0 saturated heterocycles.